The molecule has 1 amide bonds. The van der Waals surface area contributed by atoms with Crippen molar-refractivity contribution >= 4 is 19.2 Å². The number of benzene rings is 1. The van der Waals surface area contributed by atoms with E-state index in [0.717, 1.165) is 25.9 Å². The van der Waals surface area contributed by atoms with Gasteiger partial charge in [0.2, 0.25) is 0 Å². The Kier molecular flexibility index (Phi) is 7.38. The van der Waals surface area contributed by atoms with Crippen LogP contribution in [0.3, 0.4) is 0 Å². The number of carbonyl (C=O) groups is 1. The monoisotopic (exact) mass is 272 g/mol. The predicted molar refractivity (Wildman–Crippen MR) is 85.8 cm³/mol. The number of amides is 1. The molecule has 1 atom stereocenters. The SMILES string of the molecule is [B]c1ccc(C(=O)NC(C)CCCCN(C)CC)cc1. The highest BCUT2D eigenvalue weighted by molar-refractivity contribution is 6.32. The molecule has 0 saturated heterocycles. The standard InChI is InChI=1S/C16H25BN2O/c1-4-19(3)12-6-5-7-13(2)18-16(20)14-8-10-15(17)11-9-14/h8-11,13H,4-7,12H2,1-3H3,(H,18,20). The van der Waals surface area contributed by atoms with Crippen LogP contribution in [0.15, 0.2) is 24.3 Å². The van der Waals surface area contributed by atoms with Crippen molar-refractivity contribution in [2.24, 2.45) is 0 Å². The van der Waals surface area contributed by atoms with Gasteiger partial charge in [0.15, 0.2) is 0 Å². The van der Waals surface area contributed by atoms with Crippen molar-refractivity contribution in [1.29, 1.82) is 0 Å². The molecule has 1 aromatic carbocycles. The van der Waals surface area contributed by atoms with Crippen LogP contribution in [0.2, 0.25) is 0 Å². The first-order valence-electron chi connectivity index (χ1n) is 7.38. The third-order valence-electron chi connectivity index (χ3n) is 3.52. The van der Waals surface area contributed by atoms with E-state index in [2.05, 4.69) is 31.1 Å². The molecule has 3 nitrogen and oxygen atoms in total. The molecule has 0 heterocycles. The van der Waals surface area contributed by atoms with Gasteiger partial charge in [0.05, 0.1) is 0 Å². The summed E-state index contributed by atoms with van der Waals surface area (Å²) in [6.45, 7) is 6.42. The summed E-state index contributed by atoms with van der Waals surface area (Å²) >= 11 is 0. The Hall–Kier alpha value is -1.29. The third kappa shape index (κ3) is 6.24. The van der Waals surface area contributed by atoms with E-state index in [-0.39, 0.29) is 11.9 Å². The number of unbranched alkanes of at least 4 members (excludes halogenated alkanes) is 1. The van der Waals surface area contributed by atoms with Gasteiger partial charge in [-0.2, -0.15) is 0 Å². The summed E-state index contributed by atoms with van der Waals surface area (Å²) < 4.78 is 0. The van der Waals surface area contributed by atoms with Crippen LogP contribution in [0.5, 0.6) is 0 Å². The number of nitrogens with zero attached hydrogens (tertiary/aromatic N) is 1. The minimum absolute atomic E-state index is 0.0248. The van der Waals surface area contributed by atoms with Crippen molar-refractivity contribution in [1.82, 2.24) is 10.2 Å². The van der Waals surface area contributed by atoms with Crippen molar-refractivity contribution in [2.75, 3.05) is 20.1 Å². The molecule has 1 N–H and O–H groups in total. The van der Waals surface area contributed by atoms with Gasteiger partial charge in [-0.15, -0.1) is 0 Å². The Balaban J connectivity index is 2.26. The van der Waals surface area contributed by atoms with Crippen molar-refractivity contribution in [3.8, 4) is 0 Å². The first-order valence-corrected chi connectivity index (χ1v) is 7.38. The van der Waals surface area contributed by atoms with Crippen molar-refractivity contribution in [3.63, 3.8) is 0 Å². The minimum Gasteiger partial charge on any atom is -0.350 e. The zero-order chi connectivity index (χ0) is 15.0. The maximum absolute atomic E-state index is 12.0. The molecular weight excluding hydrogens is 247 g/mol. The second-order valence-electron chi connectivity index (χ2n) is 5.39. The van der Waals surface area contributed by atoms with E-state index >= 15 is 0 Å². The van der Waals surface area contributed by atoms with Gasteiger partial charge in [0.1, 0.15) is 7.85 Å². The van der Waals surface area contributed by atoms with E-state index in [9.17, 15) is 4.79 Å². The zero-order valence-electron chi connectivity index (χ0n) is 12.9. The molecule has 0 aliphatic rings. The lowest BCUT2D eigenvalue weighted by Gasteiger charge is -2.16. The summed E-state index contributed by atoms with van der Waals surface area (Å²) in [5.41, 5.74) is 1.34. The lowest BCUT2D eigenvalue weighted by atomic mass is 9.95. The number of hydrogen-bond acceptors (Lipinski definition) is 2. The molecule has 2 radical (unpaired) electrons. The van der Waals surface area contributed by atoms with Gasteiger partial charge >= 0.3 is 0 Å². The average Bonchev–Trinajstić information content (AvgIpc) is 2.43. The second-order valence-corrected chi connectivity index (χ2v) is 5.39. The molecule has 0 aromatic heterocycles. The summed E-state index contributed by atoms with van der Waals surface area (Å²) in [7, 11) is 7.74. The van der Waals surface area contributed by atoms with Gasteiger partial charge in [-0.1, -0.05) is 43.1 Å². The Bertz CT molecular complexity index is 405. The highest BCUT2D eigenvalue weighted by atomic mass is 16.1. The first-order chi connectivity index (χ1) is 9.52. The highest BCUT2D eigenvalue weighted by Crippen LogP contribution is 2.04. The predicted octanol–water partition coefficient (Wildman–Crippen LogP) is 1.72. The maximum atomic E-state index is 12.0. The number of hydrogen-bond donors (Lipinski definition) is 1. The summed E-state index contributed by atoms with van der Waals surface area (Å²) in [5.74, 6) is -0.0248. The Morgan fingerprint density at radius 2 is 1.95 bits per heavy atom. The van der Waals surface area contributed by atoms with Crippen LogP contribution in [0.1, 0.15) is 43.5 Å². The first kappa shape index (κ1) is 16.8. The normalized spacial score (nSPS) is 12.4. The highest BCUT2D eigenvalue weighted by Gasteiger charge is 2.09. The number of rotatable bonds is 8. The lowest BCUT2D eigenvalue weighted by molar-refractivity contribution is 0.0938. The summed E-state index contributed by atoms with van der Waals surface area (Å²) in [4.78, 5) is 14.3. The van der Waals surface area contributed by atoms with E-state index < -0.39 is 0 Å². The molecule has 1 aromatic rings. The average molecular weight is 272 g/mol. The van der Waals surface area contributed by atoms with Crippen LogP contribution in [0.25, 0.3) is 0 Å². The van der Waals surface area contributed by atoms with Gasteiger partial charge in [0, 0.05) is 11.6 Å². The summed E-state index contributed by atoms with van der Waals surface area (Å²) in [6, 6.07) is 7.22. The lowest BCUT2D eigenvalue weighted by Crippen LogP contribution is -2.32. The fraction of sp³-hybridized carbons (Fsp3) is 0.562. The molecule has 0 aliphatic carbocycles. The molecule has 1 unspecified atom stereocenters. The Morgan fingerprint density at radius 1 is 1.30 bits per heavy atom. The van der Waals surface area contributed by atoms with E-state index in [1.807, 2.05) is 0 Å². The van der Waals surface area contributed by atoms with Crippen LogP contribution in [0.4, 0.5) is 0 Å². The molecule has 20 heavy (non-hydrogen) atoms. The molecule has 0 bridgehead atoms. The van der Waals surface area contributed by atoms with Gasteiger partial charge in [-0.25, -0.2) is 0 Å². The molecule has 108 valence electrons. The zero-order valence-corrected chi connectivity index (χ0v) is 12.9. The van der Waals surface area contributed by atoms with Crippen LogP contribution in [-0.4, -0.2) is 44.8 Å². The molecule has 0 spiro atoms. The Morgan fingerprint density at radius 3 is 2.55 bits per heavy atom. The van der Waals surface area contributed by atoms with Crippen molar-refractivity contribution in [2.45, 2.75) is 39.2 Å². The van der Waals surface area contributed by atoms with E-state index in [1.165, 1.54) is 6.42 Å². The quantitative estimate of drug-likeness (QED) is 0.577. The molecule has 0 saturated carbocycles. The van der Waals surface area contributed by atoms with Crippen molar-refractivity contribution < 1.29 is 4.79 Å². The van der Waals surface area contributed by atoms with Gasteiger partial charge in [0.25, 0.3) is 5.91 Å². The molecule has 0 aliphatic heterocycles. The van der Waals surface area contributed by atoms with Crippen LogP contribution in [-0.2, 0) is 0 Å². The summed E-state index contributed by atoms with van der Waals surface area (Å²) in [5, 5.41) is 3.02. The van der Waals surface area contributed by atoms with E-state index in [0.29, 0.717) is 11.0 Å². The van der Waals surface area contributed by atoms with E-state index in [1.54, 1.807) is 24.3 Å². The fourth-order valence-corrected chi connectivity index (χ4v) is 2.00. The smallest absolute Gasteiger partial charge is 0.251 e. The topological polar surface area (TPSA) is 32.3 Å². The number of nitrogens with one attached hydrogen (secondary N) is 1. The van der Waals surface area contributed by atoms with Gasteiger partial charge < -0.3 is 10.2 Å². The third-order valence-corrected chi connectivity index (χ3v) is 3.52. The van der Waals surface area contributed by atoms with Gasteiger partial charge in [-0.05, 0) is 39.9 Å². The number of carbonyl (C=O) groups excluding carboxylic acids is 1. The summed E-state index contributed by atoms with van der Waals surface area (Å²) in [6.07, 6.45) is 3.32. The largest absolute Gasteiger partial charge is 0.350 e. The maximum Gasteiger partial charge on any atom is 0.251 e. The van der Waals surface area contributed by atoms with Crippen LogP contribution < -0.4 is 10.8 Å². The second kappa shape index (κ2) is 8.80. The molecule has 1 rings (SSSR count). The fourth-order valence-electron chi connectivity index (χ4n) is 2.00. The Labute approximate surface area is 124 Å². The van der Waals surface area contributed by atoms with Crippen LogP contribution in [0, 0.1) is 0 Å². The molecular formula is C16H25BN2O. The van der Waals surface area contributed by atoms with Gasteiger partial charge in [-0.3, -0.25) is 4.79 Å². The molecule has 4 heteroatoms. The van der Waals surface area contributed by atoms with E-state index in [4.69, 9.17) is 7.85 Å². The van der Waals surface area contributed by atoms with Crippen LogP contribution >= 0.6 is 0 Å². The van der Waals surface area contributed by atoms with Crippen molar-refractivity contribution in [3.05, 3.63) is 29.8 Å². The molecule has 0 fully saturated rings. The minimum atomic E-state index is -0.0248.